The van der Waals surface area contributed by atoms with Gasteiger partial charge in [-0.1, -0.05) is 29.3 Å². The number of urea groups is 1. The first-order valence-electron chi connectivity index (χ1n) is 8.58. The van der Waals surface area contributed by atoms with Crippen molar-refractivity contribution in [3.8, 4) is 5.75 Å². The van der Waals surface area contributed by atoms with Crippen molar-refractivity contribution >= 4 is 29.2 Å². The molecule has 2 aromatic carbocycles. The first-order chi connectivity index (χ1) is 12.8. The molecule has 0 spiro atoms. The molecule has 7 heteroatoms. The van der Waals surface area contributed by atoms with Gasteiger partial charge in [0, 0.05) is 17.3 Å². The first kappa shape index (κ1) is 20.7. The van der Waals surface area contributed by atoms with E-state index in [4.69, 9.17) is 16.3 Å². The molecule has 6 nitrogen and oxygen atoms in total. The summed E-state index contributed by atoms with van der Waals surface area (Å²) in [6.07, 6.45) is 0. The van der Waals surface area contributed by atoms with Crippen molar-refractivity contribution in [3.05, 3.63) is 58.6 Å². The van der Waals surface area contributed by atoms with Crippen LogP contribution >= 0.6 is 11.6 Å². The number of hydrogen-bond donors (Lipinski definition) is 2. The number of nitrogens with zero attached hydrogens (tertiary/aromatic N) is 1. The summed E-state index contributed by atoms with van der Waals surface area (Å²) in [5.41, 5.74) is 2.72. The maximum absolute atomic E-state index is 12.0. The third kappa shape index (κ3) is 7.29. The summed E-state index contributed by atoms with van der Waals surface area (Å²) in [5.74, 6) is 0.330. The lowest BCUT2D eigenvalue weighted by Crippen LogP contribution is -2.41. The van der Waals surface area contributed by atoms with Crippen molar-refractivity contribution in [1.82, 2.24) is 10.2 Å². The molecule has 0 atom stereocenters. The molecule has 0 unspecified atom stereocenters. The molecule has 0 bridgehead atoms. The summed E-state index contributed by atoms with van der Waals surface area (Å²) in [7, 11) is 1.78. The van der Waals surface area contributed by atoms with E-state index in [9.17, 15) is 9.59 Å². The summed E-state index contributed by atoms with van der Waals surface area (Å²) < 4.78 is 5.58. The molecular formula is C20H24ClN3O3. The Bertz CT molecular complexity index is 794. The normalized spacial score (nSPS) is 10.6. The van der Waals surface area contributed by atoms with E-state index in [1.165, 1.54) is 0 Å². The minimum Gasteiger partial charge on any atom is -0.492 e. The van der Waals surface area contributed by atoms with Gasteiger partial charge in [0.15, 0.2) is 0 Å². The number of amides is 3. The molecule has 0 heterocycles. The fourth-order valence-corrected chi connectivity index (χ4v) is 2.57. The fourth-order valence-electron chi connectivity index (χ4n) is 2.45. The molecular weight excluding hydrogens is 366 g/mol. The number of hydrogen-bond acceptors (Lipinski definition) is 4. The number of aryl methyl sites for hydroxylation is 2. The van der Waals surface area contributed by atoms with Crippen LogP contribution < -0.4 is 15.4 Å². The summed E-state index contributed by atoms with van der Waals surface area (Å²) in [6.45, 7) is 4.92. The molecule has 2 aromatic rings. The Morgan fingerprint density at radius 2 is 1.81 bits per heavy atom. The maximum Gasteiger partial charge on any atom is 0.325 e. The van der Waals surface area contributed by atoms with Crippen LogP contribution in [0.2, 0.25) is 5.02 Å². The molecule has 0 aliphatic heterocycles. The second kappa shape index (κ2) is 9.94. The second-order valence-corrected chi connectivity index (χ2v) is 6.80. The summed E-state index contributed by atoms with van der Waals surface area (Å²) in [4.78, 5) is 25.7. The number of imide groups is 1. The average Bonchev–Trinajstić information content (AvgIpc) is 2.59. The molecule has 144 valence electrons. The number of benzene rings is 2. The zero-order valence-corrected chi connectivity index (χ0v) is 16.5. The lowest BCUT2D eigenvalue weighted by molar-refractivity contribution is -0.120. The van der Waals surface area contributed by atoms with Crippen molar-refractivity contribution < 1.29 is 14.3 Å². The monoisotopic (exact) mass is 389 g/mol. The predicted molar refractivity (Wildman–Crippen MR) is 108 cm³/mol. The van der Waals surface area contributed by atoms with Gasteiger partial charge in [0.05, 0.1) is 6.54 Å². The third-order valence-electron chi connectivity index (χ3n) is 3.85. The van der Waals surface area contributed by atoms with Crippen molar-refractivity contribution in [2.75, 3.05) is 32.1 Å². The Morgan fingerprint density at radius 3 is 2.48 bits per heavy atom. The fraction of sp³-hybridized carbons (Fsp3) is 0.300. The van der Waals surface area contributed by atoms with Crippen LogP contribution in [-0.2, 0) is 4.79 Å². The zero-order chi connectivity index (χ0) is 19.8. The van der Waals surface area contributed by atoms with E-state index in [-0.39, 0.29) is 12.5 Å². The predicted octanol–water partition coefficient (Wildman–Crippen LogP) is 3.62. The molecule has 27 heavy (non-hydrogen) atoms. The Labute approximate surface area is 164 Å². The Kier molecular flexibility index (Phi) is 7.64. The molecule has 2 N–H and O–H groups in total. The number of likely N-dealkylation sites (N-methyl/N-ethyl adjacent to an activating group) is 1. The quantitative estimate of drug-likeness (QED) is 0.758. The smallest absolute Gasteiger partial charge is 0.325 e. The van der Waals surface area contributed by atoms with E-state index in [2.05, 4.69) is 10.6 Å². The standard InChI is InChI=1S/C20H24ClN3O3/c1-14-4-9-18(15(2)12-14)22-20(26)23-19(25)13-24(3)10-11-27-17-7-5-16(21)6-8-17/h4-9,12H,10-11,13H2,1-3H3,(H2,22,23,25,26). The molecule has 0 saturated carbocycles. The average molecular weight is 390 g/mol. The number of carbonyl (C=O) groups excluding carboxylic acids is 2. The Hall–Kier alpha value is -2.57. The van der Waals surface area contributed by atoms with Crippen molar-refractivity contribution in [3.63, 3.8) is 0 Å². The zero-order valence-electron chi connectivity index (χ0n) is 15.7. The highest BCUT2D eigenvalue weighted by atomic mass is 35.5. The van der Waals surface area contributed by atoms with E-state index in [1.807, 2.05) is 32.0 Å². The van der Waals surface area contributed by atoms with Gasteiger partial charge < -0.3 is 10.1 Å². The largest absolute Gasteiger partial charge is 0.492 e. The molecule has 0 saturated heterocycles. The molecule has 0 aromatic heterocycles. The van der Waals surface area contributed by atoms with Crippen LogP contribution in [0.4, 0.5) is 10.5 Å². The van der Waals surface area contributed by atoms with Crippen molar-refractivity contribution in [2.45, 2.75) is 13.8 Å². The van der Waals surface area contributed by atoms with Gasteiger partial charge >= 0.3 is 6.03 Å². The van der Waals surface area contributed by atoms with E-state index in [0.717, 1.165) is 11.1 Å². The number of ether oxygens (including phenoxy) is 1. The summed E-state index contributed by atoms with van der Waals surface area (Å²) in [6, 6.07) is 12.2. The van der Waals surface area contributed by atoms with Gasteiger partial charge in [0.2, 0.25) is 5.91 Å². The SMILES string of the molecule is Cc1ccc(NC(=O)NC(=O)CN(C)CCOc2ccc(Cl)cc2)c(C)c1. The van der Waals surface area contributed by atoms with Gasteiger partial charge in [-0.05, 0) is 56.8 Å². The van der Waals surface area contributed by atoms with E-state index < -0.39 is 6.03 Å². The highest BCUT2D eigenvalue weighted by molar-refractivity contribution is 6.30. The van der Waals surface area contributed by atoms with Crippen molar-refractivity contribution in [1.29, 1.82) is 0 Å². The lowest BCUT2D eigenvalue weighted by atomic mass is 10.1. The Balaban J connectivity index is 1.70. The molecule has 2 rings (SSSR count). The van der Waals surface area contributed by atoms with Crippen LogP contribution in [0.25, 0.3) is 0 Å². The van der Waals surface area contributed by atoms with Gasteiger partial charge in [0.25, 0.3) is 0 Å². The molecule has 0 aliphatic rings. The molecule has 3 amide bonds. The van der Waals surface area contributed by atoms with Gasteiger partial charge in [-0.2, -0.15) is 0 Å². The second-order valence-electron chi connectivity index (χ2n) is 6.36. The van der Waals surface area contributed by atoms with Crippen molar-refractivity contribution in [2.24, 2.45) is 0 Å². The molecule has 0 fully saturated rings. The van der Waals surface area contributed by atoms with Crippen LogP contribution in [0.3, 0.4) is 0 Å². The van der Waals surface area contributed by atoms with E-state index in [0.29, 0.717) is 29.6 Å². The van der Waals surface area contributed by atoms with Crippen LogP contribution in [0.15, 0.2) is 42.5 Å². The molecule has 0 aliphatic carbocycles. The van der Waals surface area contributed by atoms with Gasteiger partial charge in [-0.3, -0.25) is 15.0 Å². The maximum atomic E-state index is 12.0. The van der Waals surface area contributed by atoms with Gasteiger partial charge in [-0.25, -0.2) is 4.79 Å². The summed E-state index contributed by atoms with van der Waals surface area (Å²) in [5, 5.41) is 5.66. The highest BCUT2D eigenvalue weighted by Crippen LogP contribution is 2.16. The van der Waals surface area contributed by atoms with Crippen LogP contribution in [0, 0.1) is 13.8 Å². The number of nitrogens with one attached hydrogen (secondary N) is 2. The van der Waals surface area contributed by atoms with Gasteiger partial charge in [-0.15, -0.1) is 0 Å². The van der Waals surface area contributed by atoms with Crippen LogP contribution in [0.5, 0.6) is 5.75 Å². The topological polar surface area (TPSA) is 70.7 Å². The van der Waals surface area contributed by atoms with Gasteiger partial charge in [0.1, 0.15) is 12.4 Å². The van der Waals surface area contributed by atoms with E-state index >= 15 is 0 Å². The number of halogens is 1. The highest BCUT2D eigenvalue weighted by Gasteiger charge is 2.11. The third-order valence-corrected chi connectivity index (χ3v) is 4.10. The minimum atomic E-state index is -0.544. The molecule has 0 radical (unpaired) electrons. The lowest BCUT2D eigenvalue weighted by Gasteiger charge is -2.16. The number of rotatable bonds is 7. The minimum absolute atomic E-state index is 0.0876. The Morgan fingerprint density at radius 1 is 1.11 bits per heavy atom. The van der Waals surface area contributed by atoms with E-state index in [1.54, 1.807) is 36.2 Å². The summed E-state index contributed by atoms with van der Waals surface area (Å²) >= 11 is 5.82. The van der Waals surface area contributed by atoms with Crippen LogP contribution in [0.1, 0.15) is 11.1 Å². The van der Waals surface area contributed by atoms with Crippen LogP contribution in [-0.4, -0.2) is 43.6 Å². The number of anilines is 1. The first-order valence-corrected chi connectivity index (χ1v) is 8.96. The number of carbonyl (C=O) groups is 2.